The molecule has 0 bridgehead atoms. The fourth-order valence-electron chi connectivity index (χ4n) is 9.69. The molecule has 1 aliphatic carbocycles. The molecule has 11 rings (SSSR count). The Hall–Kier alpha value is -7.28. The molecule has 2 aliphatic rings. The molecular formula is C54H43N4O2+3. The van der Waals surface area contributed by atoms with E-state index in [9.17, 15) is 0 Å². The SMILES string of the molecule is CC1=[N+](Cc2ccc3ccccc3c2)C2=C(C(=O)c3c([n+](Cc4ccc5ccccc5c4)cn3Cc3ccc4ccccc4c3)C2=O)[N+]1(C)Cc1ccc2ccccc2c1. The van der Waals surface area contributed by atoms with Crippen LogP contribution < -0.4 is 4.57 Å². The average molecular weight is 780 g/mol. The lowest BCUT2D eigenvalue weighted by atomic mass is 9.95. The van der Waals surface area contributed by atoms with Gasteiger partial charge in [-0.3, -0.25) is 9.59 Å². The predicted octanol–water partition coefficient (Wildman–Crippen LogP) is 10.4. The lowest BCUT2D eigenvalue weighted by Gasteiger charge is -2.27. The highest BCUT2D eigenvalue weighted by Gasteiger charge is 2.62. The second-order valence-corrected chi connectivity index (χ2v) is 16.6. The first kappa shape index (κ1) is 35.8. The van der Waals surface area contributed by atoms with E-state index in [0.29, 0.717) is 49.0 Å². The molecule has 6 heteroatoms. The van der Waals surface area contributed by atoms with Crippen molar-refractivity contribution >= 4 is 60.5 Å². The molecule has 0 saturated carbocycles. The van der Waals surface area contributed by atoms with Crippen LogP contribution >= 0.6 is 0 Å². The summed E-state index contributed by atoms with van der Waals surface area (Å²) < 4.78 is 6.36. The summed E-state index contributed by atoms with van der Waals surface area (Å²) in [7, 11) is 2.11. The Bertz CT molecular complexity index is 3350. The van der Waals surface area contributed by atoms with E-state index in [-0.39, 0.29) is 16.0 Å². The normalized spacial score (nSPS) is 16.4. The van der Waals surface area contributed by atoms with Gasteiger partial charge in [-0.05, 0) is 78.5 Å². The van der Waals surface area contributed by atoms with E-state index < -0.39 is 0 Å². The average Bonchev–Trinajstić information content (AvgIpc) is 3.73. The van der Waals surface area contributed by atoms with E-state index in [2.05, 4.69) is 164 Å². The Balaban J connectivity index is 1.08. The van der Waals surface area contributed by atoms with Crippen LogP contribution in [0, 0.1) is 0 Å². The second kappa shape index (κ2) is 13.9. The van der Waals surface area contributed by atoms with Gasteiger partial charge in [0, 0.05) is 11.1 Å². The molecule has 8 aromatic carbocycles. The zero-order valence-corrected chi connectivity index (χ0v) is 33.7. The van der Waals surface area contributed by atoms with Crippen LogP contribution in [0.25, 0.3) is 43.1 Å². The van der Waals surface area contributed by atoms with Crippen molar-refractivity contribution in [3.63, 3.8) is 0 Å². The molecule has 0 saturated heterocycles. The zero-order chi connectivity index (χ0) is 40.5. The number of aromatic nitrogens is 2. The Kier molecular flexibility index (Phi) is 8.32. The molecule has 288 valence electrons. The van der Waals surface area contributed by atoms with Crippen LogP contribution in [-0.2, 0) is 26.2 Å². The van der Waals surface area contributed by atoms with Gasteiger partial charge in [0.15, 0.2) is 6.54 Å². The number of ketones is 2. The summed E-state index contributed by atoms with van der Waals surface area (Å²) in [5, 5.41) is 9.21. The summed E-state index contributed by atoms with van der Waals surface area (Å²) in [4.78, 5) is 31.4. The van der Waals surface area contributed by atoms with Crippen molar-refractivity contribution < 1.29 is 23.2 Å². The van der Waals surface area contributed by atoms with E-state index >= 15 is 9.59 Å². The zero-order valence-electron chi connectivity index (χ0n) is 33.7. The Labute approximate surface area is 348 Å². The number of fused-ring (bicyclic) bond motifs is 5. The van der Waals surface area contributed by atoms with Crippen molar-refractivity contribution in [1.82, 2.24) is 4.57 Å². The van der Waals surface area contributed by atoms with Crippen LogP contribution in [0.2, 0.25) is 0 Å². The standard InChI is InChI=1S/C54H43N4O2/c1-36-57(33-39-21-25-43-13-5-9-17-47(43)29-39)51-52(58(36,2)34-40-22-26-44-14-6-10-18-48(44)30-40)54(60)50-49(53(51)59)55(31-37-19-23-41-11-3-7-15-45(41)27-37)35-56(50)32-38-20-24-42-12-4-8-16-46(42)28-38/h3-30,35H,31-34H2,1-2H3/q+3. The monoisotopic (exact) mass is 779 g/mol. The summed E-state index contributed by atoms with van der Waals surface area (Å²) in [5.74, 6) is 0.704. The van der Waals surface area contributed by atoms with Gasteiger partial charge in [-0.1, -0.05) is 146 Å². The molecule has 0 fully saturated rings. The molecule has 0 amide bonds. The molecule has 0 N–H and O–H groups in total. The molecule has 0 spiro atoms. The van der Waals surface area contributed by atoms with Crippen LogP contribution in [0.4, 0.5) is 0 Å². The Morgan fingerprint density at radius 3 is 1.47 bits per heavy atom. The number of imidazole rings is 1. The molecule has 1 atom stereocenters. The first-order valence-electron chi connectivity index (χ1n) is 20.7. The lowest BCUT2D eigenvalue weighted by Crippen LogP contribution is -2.49. The molecule has 2 heterocycles. The number of carbonyl (C=O) groups is 2. The molecule has 6 nitrogen and oxygen atoms in total. The van der Waals surface area contributed by atoms with Crippen molar-refractivity contribution in [2.24, 2.45) is 0 Å². The maximum atomic E-state index is 15.7. The molecule has 60 heavy (non-hydrogen) atoms. The molecule has 0 radical (unpaired) electrons. The number of hydrogen-bond donors (Lipinski definition) is 0. The van der Waals surface area contributed by atoms with Crippen molar-refractivity contribution in [2.45, 2.75) is 33.1 Å². The smallest absolute Gasteiger partial charge is 0.278 e. The van der Waals surface area contributed by atoms with E-state index in [1.165, 1.54) is 5.39 Å². The quantitative estimate of drug-likeness (QED) is 0.114. The van der Waals surface area contributed by atoms with Crippen LogP contribution in [0.5, 0.6) is 0 Å². The van der Waals surface area contributed by atoms with Crippen LogP contribution in [-0.4, -0.2) is 38.1 Å². The van der Waals surface area contributed by atoms with Crippen molar-refractivity contribution in [3.8, 4) is 0 Å². The fourth-order valence-corrected chi connectivity index (χ4v) is 9.69. The van der Waals surface area contributed by atoms with Crippen LogP contribution in [0.15, 0.2) is 188 Å². The topological polar surface area (TPSA) is 46.0 Å². The third-order valence-corrected chi connectivity index (χ3v) is 12.8. The number of likely N-dealkylation sites (N-methyl/N-ethyl adjacent to an activating group) is 1. The maximum Gasteiger partial charge on any atom is 0.346 e. The van der Waals surface area contributed by atoms with E-state index in [4.69, 9.17) is 0 Å². The van der Waals surface area contributed by atoms with Gasteiger partial charge in [0.2, 0.25) is 17.7 Å². The van der Waals surface area contributed by atoms with Gasteiger partial charge < -0.3 is 0 Å². The number of nitrogens with zero attached hydrogens (tertiary/aromatic N) is 4. The third kappa shape index (κ3) is 5.90. The highest BCUT2D eigenvalue weighted by Crippen LogP contribution is 2.39. The van der Waals surface area contributed by atoms with Gasteiger partial charge in [0.05, 0.1) is 14.0 Å². The second-order valence-electron chi connectivity index (χ2n) is 16.6. The van der Waals surface area contributed by atoms with Gasteiger partial charge in [0.1, 0.15) is 19.6 Å². The largest absolute Gasteiger partial charge is 0.346 e. The number of rotatable bonds is 8. The van der Waals surface area contributed by atoms with Gasteiger partial charge in [0.25, 0.3) is 11.5 Å². The van der Waals surface area contributed by atoms with Gasteiger partial charge in [-0.15, -0.1) is 4.58 Å². The van der Waals surface area contributed by atoms with Crippen molar-refractivity contribution in [2.75, 3.05) is 7.05 Å². The summed E-state index contributed by atoms with van der Waals surface area (Å²) in [6.45, 7) is 3.95. The van der Waals surface area contributed by atoms with Crippen LogP contribution in [0.3, 0.4) is 0 Å². The Morgan fingerprint density at radius 1 is 0.500 bits per heavy atom. The summed E-state index contributed by atoms with van der Waals surface area (Å²) in [6, 6.07) is 59.3. The van der Waals surface area contributed by atoms with Crippen molar-refractivity contribution in [1.29, 1.82) is 0 Å². The summed E-state index contributed by atoms with van der Waals surface area (Å²) >= 11 is 0. The number of carbonyl (C=O) groups excluding carboxylic acids is 2. The molecule has 9 aromatic rings. The first-order valence-corrected chi connectivity index (χ1v) is 20.7. The minimum Gasteiger partial charge on any atom is -0.278 e. The van der Waals surface area contributed by atoms with Crippen molar-refractivity contribution in [3.05, 3.63) is 221 Å². The van der Waals surface area contributed by atoms with Gasteiger partial charge in [-0.2, -0.15) is 4.48 Å². The number of allylic oxidation sites excluding steroid dienone is 2. The van der Waals surface area contributed by atoms with E-state index in [1.54, 1.807) is 0 Å². The molecule has 1 unspecified atom stereocenters. The third-order valence-electron chi connectivity index (χ3n) is 12.8. The maximum absolute atomic E-state index is 15.7. The number of benzene rings is 8. The van der Waals surface area contributed by atoms with Gasteiger partial charge >= 0.3 is 17.3 Å². The molecule has 1 aromatic heterocycles. The molecule has 1 aliphatic heterocycles. The highest BCUT2D eigenvalue weighted by molar-refractivity contribution is 6.24. The number of hydrogen-bond acceptors (Lipinski definition) is 2. The van der Waals surface area contributed by atoms with Crippen LogP contribution in [0.1, 0.15) is 50.2 Å². The van der Waals surface area contributed by atoms with Gasteiger partial charge in [-0.25, -0.2) is 9.13 Å². The first-order chi connectivity index (χ1) is 29.3. The molecular weight excluding hydrogens is 737 g/mol. The highest BCUT2D eigenvalue weighted by atomic mass is 16.1. The number of Topliss-reactive ketones (excluding diaryl/α,β-unsaturated/α-hetero) is 2. The fraction of sp³-hybridized carbons (Fsp3) is 0.111. The van der Waals surface area contributed by atoms with E-state index in [1.807, 2.05) is 39.7 Å². The minimum absolute atomic E-state index is 0.110. The minimum atomic E-state index is -0.127. The number of quaternary nitrogens is 1. The lowest BCUT2D eigenvalue weighted by molar-refractivity contribution is -0.800. The Morgan fingerprint density at radius 2 is 0.933 bits per heavy atom. The predicted molar refractivity (Wildman–Crippen MR) is 239 cm³/mol. The summed E-state index contributed by atoms with van der Waals surface area (Å²) in [6.07, 6.45) is 1.99. The number of amidine groups is 1. The summed E-state index contributed by atoms with van der Waals surface area (Å²) in [5.41, 5.74) is 6.15. The van der Waals surface area contributed by atoms with E-state index in [0.717, 1.165) is 65.8 Å².